The van der Waals surface area contributed by atoms with Gasteiger partial charge >= 0.3 is 0 Å². The smallest absolute Gasteiger partial charge is 0.261 e. The van der Waals surface area contributed by atoms with E-state index in [4.69, 9.17) is 4.74 Å². The van der Waals surface area contributed by atoms with E-state index < -0.39 is 0 Å². The first-order valence-corrected chi connectivity index (χ1v) is 8.86. The van der Waals surface area contributed by atoms with Gasteiger partial charge in [-0.2, -0.15) is 0 Å². The molecule has 3 aromatic rings. The van der Waals surface area contributed by atoms with Gasteiger partial charge in [0.1, 0.15) is 6.33 Å². The third kappa shape index (κ3) is 3.35. The average molecular weight is 348 g/mol. The lowest BCUT2D eigenvalue weighted by Crippen LogP contribution is -2.41. The van der Waals surface area contributed by atoms with Gasteiger partial charge < -0.3 is 9.64 Å². The minimum atomic E-state index is -0.0388. The Hall–Kier alpha value is -3.02. The molecule has 26 heavy (non-hydrogen) atoms. The number of para-hydroxylation sites is 1. The highest BCUT2D eigenvalue weighted by Gasteiger charge is 2.29. The summed E-state index contributed by atoms with van der Waals surface area (Å²) >= 11 is 0. The summed E-state index contributed by atoms with van der Waals surface area (Å²) in [5.41, 5.74) is 1.74. The van der Waals surface area contributed by atoms with Crippen LogP contribution in [0.25, 0.3) is 10.9 Å². The molecule has 1 aliphatic rings. The van der Waals surface area contributed by atoms with Crippen LogP contribution < -0.4 is 4.74 Å². The summed E-state index contributed by atoms with van der Waals surface area (Å²) in [5, 5.41) is 0.808. The van der Waals surface area contributed by atoms with Crippen LogP contribution in [0.5, 0.6) is 5.88 Å². The fourth-order valence-electron chi connectivity index (χ4n) is 3.42. The van der Waals surface area contributed by atoms with Crippen LogP contribution in [-0.2, 0) is 4.79 Å². The molecule has 0 spiro atoms. The maximum atomic E-state index is 12.8. The second kappa shape index (κ2) is 7.47. The highest BCUT2D eigenvalue weighted by atomic mass is 16.5. The predicted molar refractivity (Wildman–Crippen MR) is 97.6 cm³/mol. The Bertz CT molecular complexity index is 895. The van der Waals surface area contributed by atoms with Crippen LogP contribution in [0.1, 0.15) is 31.0 Å². The fraction of sp³-hybridized carbons (Fsp3) is 0.300. The van der Waals surface area contributed by atoms with E-state index in [2.05, 4.69) is 15.0 Å². The molecule has 1 unspecified atom stereocenters. The van der Waals surface area contributed by atoms with Crippen molar-refractivity contribution in [1.82, 2.24) is 19.9 Å². The van der Waals surface area contributed by atoms with Crippen molar-refractivity contribution >= 4 is 16.8 Å². The zero-order valence-corrected chi connectivity index (χ0v) is 14.4. The maximum Gasteiger partial charge on any atom is 0.261 e. The highest BCUT2D eigenvalue weighted by molar-refractivity contribution is 5.84. The minimum Gasteiger partial charge on any atom is -0.467 e. The largest absolute Gasteiger partial charge is 0.467 e. The molecule has 1 aromatic carbocycles. The maximum absolute atomic E-state index is 12.8. The normalized spacial score (nSPS) is 17.2. The van der Waals surface area contributed by atoms with Gasteiger partial charge in [0.05, 0.1) is 22.6 Å². The Kier molecular flexibility index (Phi) is 4.73. The number of hydrogen-bond acceptors (Lipinski definition) is 5. The summed E-state index contributed by atoms with van der Waals surface area (Å²) in [7, 11) is 0. The Morgan fingerprint density at radius 2 is 1.96 bits per heavy atom. The minimum absolute atomic E-state index is 0.0168. The number of aromatic nitrogens is 3. The van der Waals surface area contributed by atoms with Gasteiger partial charge in [0.25, 0.3) is 5.91 Å². The quantitative estimate of drug-likeness (QED) is 0.724. The predicted octanol–water partition coefficient (Wildman–Crippen LogP) is 3.16. The van der Waals surface area contributed by atoms with E-state index in [9.17, 15) is 4.79 Å². The van der Waals surface area contributed by atoms with Crippen LogP contribution in [0.15, 0.2) is 55.0 Å². The molecule has 1 fully saturated rings. The van der Waals surface area contributed by atoms with Gasteiger partial charge in [0, 0.05) is 12.7 Å². The van der Waals surface area contributed by atoms with Crippen LogP contribution in [0.4, 0.5) is 0 Å². The molecule has 0 aliphatic carbocycles. The summed E-state index contributed by atoms with van der Waals surface area (Å²) in [6.45, 7) is 0.693. The molecule has 1 amide bonds. The van der Waals surface area contributed by atoms with E-state index in [1.54, 1.807) is 6.20 Å². The van der Waals surface area contributed by atoms with E-state index in [0.29, 0.717) is 5.88 Å². The first-order chi connectivity index (χ1) is 12.8. The molecular formula is C20H20N4O2. The van der Waals surface area contributed by atoms with Gasteiger partial charge in [-0.1, -0.05) is 18.2 Å². The molecule has 3 heterocycles. The summed E-state index contributed by atoms with van der Waals surface area (Å²) in [6, 6.07) is 13.5. The Balaban J connectivity index is 1.50. The number of rotatable bonds is 4. The van der Waals surface area contributed by atoms with E-state index in [1.165, 1.54) is 6.33 Å². The average Bonchev–Trinajstić information content (AvgIpc) is 2.72. The Morgan fingerprint density at radius 3 is 2.85 bits per heavy atom. The number of hydrogen-bond donors (Lipinski definition) is 0. The molecule has 0 bridgehead atoms. The third-order valence-electron chi connectivity index (χ3n) is 4.69. The lowest BCUT2D eigenvalue weighted by molar-refractivity contribution is -0.137. The number of piperidine rings is 1. The molecule has 1 atom stereocenters. The van der Waals surface area contributed by atoms with Crippen molar-refractivity contribution in [3.8, 4) is 5.88 Å². The number of carbonyl (C=O) groups excluding carboxylic acids is 1. The second-order valence-electron chi connectivity index (χ2n) is 6.34. The van der Waals surface area contributed by atoms with E-state index >= 15 is 0 Å². The SMILES string of the molecule is O=C(COc1ncnc2ccccc12)N1CCCCC1c1ccccn1. The molecule has 6 heteroatoms. The summed E-state index contributed by atoms with van der Waals surface area (Å²) in [4.78, 5) is 27.5. The fourth-order valence-corrected chi connectivity index (χ4v) is 3.42. The van der Waals surface area contributed by atoms with Gasteiger partial charge in [0.15, 0.2) is 6.61 Å². The number of amides is 1. The molecule has 1 saturated heterocycles. The molecule has 4 rings (SSSR count). The van der Waals surface area contributed by atoms with Gasteiger partial charge in [-0.25, -0.2) is 9.97 Å². The van der Waals surface area contributed by atoms with Crippen LogP contribution in [-0.4, -0.2) is 38.9 Å². The lowest BCUT2D eigenvalue weighted by atomic mass is 9.99. The topological polar surface area (TPSA) is 68.2 Å². The summed E-state index contributed by atoms with van der Waals surface area (Å²) in [6.07, 6.45) is 6.27. The van der Waals surface area contributed by atoms with Crippen molar-refractivity contribution in [2.45, 2.75) is 25.3 Å². The zero-order chi connectivity index (χ0) is 17.8. The van der Waals surface area contributed by atoms with Crippen molar-refractivity contribution in [2.75, 3.05) is 13.2 Å². The van der Waals surface area contributed by atoms with Crippen molar-refractivity contribution in [1.29, 1.82) is 0 Å². The first kappa shape index (κ1) is 16.4. The standard InChI is InChI=1S/C20H20N4O2/c25-19(13-26-20-15-7-1-2-8-16(15)22-14-23-20)24-12-6-4-10-18(24)17-9-3-5-11-21-17/h1-3,5,7-9,11,14,18H,4,6,10,12-13H2. The number of carbonyl (C=O) groups is 1. The van der Waals surface area contributed by atoms with Crippen LogP contribution >= 0.6 is 0 Å². The molecule has 0 N–H and O–H groups in total. The van der Waals surface area contributed by atoms with E-state index in [-0.39, 0.29) is 18.6 Å². The Labute approximate surface area is 151 Å². The monoisotopic (exact) mass is 348 g/mol. The van der Waals surface area contributed by atoms with Gasteiger partial charge in [-0.3, -0.25) is 9.78 Å². The molecule has 0 radical (unpaired) electrons. The molecule has 1 aliphatic heterocycles. The zero-order valence-electron chi connectivity index (χ0n) is 14.4. The number of fused-ring (bicyclic) bond motifs is 1. The van der Waals surface area contributed by atoms with Gasteiger partial charge in [0.2, 0.25) is 5.88 Å². The van der Waals surface area contributed by atoms with Crippen LogP contribution in [0.2, 0.25) is 0 Å². The number of pyridine rings is 1. The first-order valence-electron chi connectivity index (χ1n) is 8.86. The van der Waals surface area contributed by atoms with Gasteiger partial charge in [-0.15, -0.1) is 0 Å². The van der Waals surface area contributed by atoms with Crippen LogP contribution in [0, 0.1) is 0 Å². The van der Waals surface area contributed by atoms with Gasteiger partial charge in [-0.05, 0) is 43.5 Å². The molecule has 0 saturated carbocycles. The number of ether oxygens (including phenoxy) is 1. The Morgan fingerprint density at radius 1 is 1.08 bits per heavy atom. The number of benzene rings is 1. The molecule has 132 valence electrons. The highest BCUT2D eigenvalue weighted by Crippen LogP contribution is 2.30. The third-order valence-corrected chi connectivity index (χ3v) is 4.69. The van der Waals surface area contributed by atoms with Crippen molar-refractivity contribution < 1.29 is 9.53 Å². The van der Waals surface area contributed by atoms with Crippen molar-refractivity contribution in [2.24, 2.45) is 0 Å². The lowest BCUT2D eigenvalue weighted by Gasteiger charge is -2.35. The summed E-state index contributed by atoms with van der Waals surface area (Å²) in [5.74, 6) is 0.401. The van der Waals surface area contributed by atoms with Crippen molar-refractivity contribution in [3.63, 3.8) is 0 Å². The molecular weight excluding hydrogens is 328 g/mol. The molecule has 2 aromatic heterocycles. The van der Waals surface area contributed by atoms with Crippen molar-refractivity contribution in [3.05, 3.63) is 60.7 Å². The van der Waals surface area contributed by atoms with E-state index in [0.717, 1.165) is 42.4 Å². The summed E-state index contributed by atoms with van der Waals surface area (Å²) < 4.78 is 5.76. The second-order valence-corrected chi connectivity index (χ2v) is 6.34. The van der Waals surface area contributed by atoms with Crippen LogP contribution in [0.3, 0.4) is 0 Å². The van der Waals surface area contributed by atoms with E-state index in [1.807, 2.05) is 47.4 Å². The number of likely N-dealkylation sites (tertiary alicyclic amines) is 1. The molecule has 6 nitrogen and oxygen atoms in total. The number of nitrogens with zero attached hydrogens (tertiary/aromatic N) is 4.